The highest BCUT2D eigenvalue weighted by atomic mass is 32.1. The molecule has 1 amide bonds. The lowest BCUT2D eigenvalue weighted by molar-refractivity contribution is -0.142. The van der Waals surface area contributed by atoms with Gasteiger partial charge in [0.25, 0.3) is 0 Å². The van der Waals surface area contributed by atoms with E-state index < -0.39 is 5.97 Å². The number of para-hydroxylation sites is 1. The Bertz CT molecular complexity index is 1370. The quantitative estimate of drug-likeness (QED) is 0.278. The molecule has 0 fully saturated rings. The minimum atomic E-state index is -0.475. The van der Waals surface area contributed by atoms with E-state index in [1.165, 1.54) is 28.4 Å². The molecule has 7 nitrogen and oxygen atoms in total. The Morgan fingerprint density at radius 2 is 1.78 bits per heavy atom. The lowest BCUT2D eigenvalue weighted by Crippen LogP contribution is -2.37. The van der Waals surface area contributed by atoms with Crippen molar-refractivity contribution in [3.8, 4) is 21.8 Å². The number of ether oxygens (including phenoxy) is 1. The van der Waals surface area contributed by atoms with Gasteiger partial charge in [0, 0.05) is 16.6 Å². The van der Waals surface area contributed by atoms with Crippen molar-refractivity contribution in [1.82, 2.24) is 14.8 Å². The van der Waals surface area contributed by atoms with E-state index in [1.54, 1.807) is 37.4 Å². The van der Waals surface area contributed by atoms with Crippen LogP contribution in [0.25, 0.3) is 21.8 Å². The summed E-state index contributed by atoms with van der Waals surface area (Å²) in [6.07, 6.45) is 1.77. The third-order valence-electron chi connectivity index (χ3n) is 5.60. The Labute approximate surface area is 219 Å². The number of rotatable bonds is 8. The molecule has 2 aromatic heterocycles. The number of anilines is 1. The monoisotopic (exact) mass is 520 g/mol. The van der Waals surface area contributed by atoms with E-state index in [4.69, 9.17) is 9.72 Å². The molecule has 0 unspecified atom stereocenters. The van der Waals surface area contributed by atoms with E-state index >= 15 is 0 Å². The number of carbonyl (C=O) groups is 2. The third kappa shape index (κ3) is 6.11. The van der Waals surface area contributed by atoms with Gasteiger partial charge in [-0.15, -0.1) is 11.3 Å². The van der Waals surface area contributed by atoms with Crippen LogP contribution in [0.5, 0.6) is 0 Å². The third-order valence-corrected chi connectivity index (χ3v) is 6.52. The number of hydrogen-bond donors (Lipinski definition) is 0. The number of thiazole rings is 1. The van der Waals surface area contributed by atoms with E-state index in [9.17, 15) is 14.0 Å². The molecule has 4 aromatic rings. The summed E-state index contributed by atoms with van der Waals surface area (Å²) in [6, 6.07) is 15.3. The Morgan fingerprint density at radius 3 is 2.43 bits per heavy atom. The average Bonchev–Trinajstić information content (AvgIpc) is 3.51. The fraction of sp³-hybridized carbons (Fsp3) is 0.286. The molecule has 0 N–H and O–H groups in total. The zero-order valence-corrected chi connectivity index (χ0v) is 22.1. The van der Waals surface area contributed by atoms with Gasteiger partial charge in [-0.3, -0.25) is 14.3 Å². The highest BCUT2D eigenvalue weighted by molar-refractivity contribution is 7.13. The number of esters is 1. The van der Waals surface area contributed by atoms with Gasteiger partial charge in [-0.05, 0) is 64.1 Å². The Morgan fingerprint density at radius 1 is 1.08 bits per heavy atom. The summed E-state index contributed by atoms with van der Waals surface area (Å²) in [5.74, 6) is -1.05. The summed E-state index contributed by atoms with van der Waals surface area (Å²) in [5, 5.41) is 7.15. The van der Waals surface area contributed by atoms with Crippen molar-refractivity contribution >= 4 is 28.9 Å². The van der Waals surface area contributed by atoms with Crippen molar-refractivity contribution in [3.05, 3.63) is 77.7 Å². The molecule has 0 atom stereocenters. The maximum atomic E-state index is 13.6. The topological polar surface area (TPSA) is 77.3 Å². The summed E-state index contributed by atoms with van der Waals surface area (Å²) in [5.41, 5.74) is 3.33. The molecule has 0 aliphatic carbocycles. The molecule has 37 heavy (non-hydrogen) atoms. The number of benzene rings is 2. The highest BCUT2D eigenvalue weighted by Gasteiger charge is 2.25. The zero-order valence-electron chi connectivity index (χ0n) is 21.3. The highest BCUT2D eigenvalue weighted by Crippen LogP contribution is 2.37. The minimum absolute atomic E-state index is 0.0179. The Balaban J connectivity index is 1.64. The van der Waals surface area contributed by atoms with Crippen LogP contribution in [0.15, 0.2) is 66.2 Å². The first-order valence-electron chi connectivity index (χ1n) is 12.0. The molecule has 9 heteroatoms. The Hall–Kier alpha value is -3.85. The van der Waals surface area contributed by atoms with Crippen LogP contribution in [0, 0.1) is 5.82 Å². The van der Waals surface area contributed by atoms with Crippen molar-refractivity contribution in [3.63, 3.8) is 0 Å². The SMILES string of the molecule is CCOC(=O)CN(C(=O)Cc1csc(-c2cnn(C(C)(C)C)c2-c2ccc(F)cc2)n1)c1ccccc1. The lowest BCUT2D eigenvalue weighted by atomic mass is 10.0. The predicted molar refractivity (Wildman–Crippen MR) is 143 cm³/mol. The molecule has 0 aliphatic rings. The summed E-state index contributed by atoms with van der Waals surface area (Å²) >= 11 is 1.41. The van der Waals surface area contributed by atoms with Gasteiger partial charge in [0.15, 0.2) is 0 Å². The molecular weight excluding hydrogens is 491 g/mol. The van der Waals surface area contributed by atoms with Crippen LogP contribution < -0.4 is 4.90 Å². The molecular formula is C28H29FN4O3S. The van der Waals surface area contributed by atoms with Gasteiger partial charge in [-0.1, -0.05) is 18.2 Å². The summed E-state index contributed by atoms with van der Waals surface area (Å²) in [6.45, 7) is 7.93. The van der Waals surface area contributed by atoms with Crippen molar-refractivity contribution in [1.29, 1.82) is 0 Å². The van der Waals surface area contributed by atoms with Crippen LogP contribution in [-0.4, -0.2) is 39.8 Å². The molecule has 192 valence electrons. The second-order valence-corrected chi connectivity index (χ2v) is 10.3. The molecule has 0 radical (unpaired) electrons. The van der Waals surface area contributed by atoms with Gasteiger partial charge >= 0.3 is 5.97 Å². The molecule has 0 saturated carbocycles. The number of halogens is 1. The van der Waals surface area contributed by atoms with Crippen molar-refractivity contribution < 1.29 is 18.7 Å². The smallest absolute Gasteiger partial charge is 0.326 e. The lowest BCUT2D eigenvalue weighted by Gasteiger charge is -2.23. The second-order valence-electron chi connectivity index (χ2n) is 9.44. The van der Waals surface area contributed by atoms with Crippen LogP contribution in [0.3, 0.4) is 0 Å². The van der Waals surface area contributed by atoms with Crippen molar-refractivity contribution in [2.45, 2.75) is 39.7 Å². The summed E-state index contributed by atoms with van der Waals surface area (Å²) in [7, 11) is 0. The van der Waals surface area contributed by atoms with Crippen LogP contribution in [-0.2, 0) is 26.3 Å². The normalized spacial score (nSPS) is 11.4. The van der Waals surface area contributed by atoms with Crippen LogP contribution in [0.2, 0.25) is 0 Å². The van der Waals surface area contributed by atoms with E-state index in [0.29, 0.717) is 16.4 Å². The Kier molecular flexibility index (Phi) is 7.83. The minimum Gasteiger partial charge on any atom is -0.465 e. The van der Waals surface area contributed by atoms with Gasteiger partial charge in [-0.25, -0.2) is 9.37 Å². The first-order chi connectivity index (χ1) is 17.7. The van der Waals surface area contributed by atoms with Gasteiger partial charge in [0.05, 0.1) is 41.7 Å². The molecule has 2 heterocycles. The number of carbonyl (C=O) groups excluding carboxylic acids is 2. The number of hydrogen-bond acceptors (Lipinski definition) is 6. The van der Waals surface area contributed by atoms with Crippen molar-refractivity contribution in [2.75, 3.05) is 18.1 Å². The number of aromatic nitrogens is 3. The molecule has 0 spiro atoms. The van der Waals surface area contributed by atoms with E-state index in [0.717, 1.165) is 16.8 Å². The summed E-state index contributed by atoms with van der Waals surface area (Å²) in [4.78, 5) is 31.6. The van der Waals surface area contributed by atoms with Gasteiger partial charge in [-0.2, -0.15) is 5.10 Å². The molecule has 4 rings (SSSR count). The molecule has 0 aliphatic heterocycles. The fourth-order valence-corrected chi connectivity index (χ4v) is 4.76. The maximum absolute atomic E-state index is 13.6. The number of amides is 1. The van der Waals surface area contributed by atoms with Crippen molar-refractivity contribution in [2.24, 2.45) is 0 Å². The average molecular weight is 521 g/mol. The van der Waals surface area contributed by atoms with E-state index in [2.05, 4.69) is 5.10 Å². The van der Waals surface area contributed by atoms with Gasteiger partial charge in [0.1, 0.15) is 17.4 Å². The molecule has 0 saturated heterocycles. The van der Waals surface area contributed by atoms with Gasteiger partial charge in [0.2, 0.25) is 5.91 Å². The van der Waals surface area contributed by atoms with Crippen LogP contribution in [0.1, 0.15) is 33.4 Å². The maximum Gasteiger partial charge on any atom is 0.326 e. The van der Waals surface area contributed by atoms with E-state index in [-0.39, 0.29) is 36.8 Å². The predicted octanol–water partition coefficient (Wildman–Crippen LogP) is 5.71. The number of nitrogens with zero attached hydrogens (tertiary/aromatic N) is 4. The second kappa shape index (κ2) is 11.0. The van der Waals surface area contributed by atoms with Crippen LogP contribution in [0.4, 0.5) is 10.1 Å². The van der Waals surface area contributed by atoms with Crippen LogP contribution >= 0.6 is 11.3 Å². The molecule has 0 bridgehead atoms. The first-order valence-corrected chi connectivity index (χ1v) is 12.9. The molecule has 2 aromatic carbocycles. The van der Waals surface area contributed by atoms with Gasteiger partial charge < -0.3 is 9.64 Å². The fourth-order valence-electron chi connectivity index (χ4n) is 3.93. The first kappa shape index (κ1) is 26.2. The summed E-state index contributed by atoms with van der Waals surface area (Å²) < 4.78 is 20.6. The zero-order chi connectivity index (χ0) is 26.6. The van der Waals surface area contributed by atoms with E-state index in [1.807, 2.05) is 49.0 Å². The standard InChI is InChI=1S/C28H29FN4O3S/c1-5-36-25(35)17-32(22-9-7-6-8-10-22)24(34)15-21-18-37-27(31-21)23-16-30-33(28(2,3)4)26(23)19-11-13-20(29)14-12-19/h6-14,16,18H,5,15,17H2,1-4H3. The largest absolute Gasteiger partial charge is 0.465 e.